The van der Waals surface area contributed by atoms with E-state index in [0.717, 1.165) is 199 Å². The first-order valence-electron chi connectivity index (χ1n) is 48.7. The smallest absolute Gasteiger partial charge is 0.211 e. The Morgan fingerprint density at radius 1 is 0.173 bits per heavy atom. The Kier molecular flexibility index (Phi) is 22.0. The molecule has 27 rings (SSSR count). The number of benzene rings is 21. The van der Waals surface area contributed by atoms with E-state index in [1.165, 1.54) is 32.3 Å². The third-order valence-electron chi connectivity index (χ3n) is 28.8. The number of rotatable bonds is 12. The van der Waals surface area contributed by atoms with E-state index in [9.17, 15) is 15.8 Å². The molecule has 15 nitrogen and oxygen atoms in total. The average Bonchev–Trinajstić information content (AvgIpc) is 1.57. The summed E-state index contributed by atoms with van der Waals surface area (Å²) in [6.07, 6.45) is 0. The summed E-state index contributed by atoms with van der Waals surface area (Å²) in [4.78, 5) is 23.1. The summed E-state index contributed by atoms with van der Waals surface area (Å²) >= 11 is 0. The highest BCUT2D eigenvalue weighted by molar-refractivity contribution is 6.17. The van der Waals surface area contributed by atoms with Gasteiger partial charge >= 0.3 is 0 Å². The van der Waals surface area contributed by atoms with Crippen molar-refractivity contribution < 1.29 is 0 Å². The second kappa shape index (κ2) is 37.0. The van der Waals surface area contributed by atoms with Gasteiger partial charge in [0.2, 0.25) is 17.1 Å². The van der Waals surface area contributed by atoms with Crippen LogP contribution < -0.4 is 0 Å². The second-order valence-corrected chi connectivity index (χ2v) is 36.7. The molecule has 0 aliphatic heterocycles. The summed E-state index contributed by atoms with van der Waals surface area (Å²) in [5, 5.41) is 44.1. The van der Waals surface area contributed by atoms with Gasteiger partial charge in [-0.05, 0) is 217 Å². The molecule has 0 saturated carbocycles. The van der Waals surface area contributed by atoms with Crippen LogP contribution in [0.1, 0.15) is 16.7 Å². The molecule has 27 aromatic rings. The summed E-state index contributed by atoms with van der Waals surface area (Å²) in [6.45, 7) is 47.6. The minimum atomic E-state index is 0.495. The van der Waals surface area contributed by atoms with Crippen LogP contribution in [0.15, 0.2) is 455 Å². The van der Waals surface area contributed by atoms with Gasteiger partial charge in [-0.3, -0.25) is 0 Å². The van der Waals surface area contributed by atoms with Crippen molar-refractivity contribution in [3.8, 4) is 119 Å². The molecule has 21 aromatic carbocycles. The van der Waals surface area contributed by atoms with Gasteiger partial charge in [-0.25, -0.2) is 29.1 Å². The van der Waals surface area contributed by atoms with Crippen molar-refractivity contribution in [2.24, 2.45) is 0 Å². The monoisotopic (exact) mass is 1910 g/mol. The highest BCUT2D eigenvalue weighted by atomic mass is 15.0. The third-order valence-corrected chi connectivity index (χ3v) is 28.8. The molecule has 0 spiro atoms. The van der Waals surface area contributed by atoms with E-state index in [4.69, 9.17) is 39.4 Å². The van der Waals surface area contributed by atoms with Gasteiger partial charge in [0.15, 0.2) is 17.1 Å². The van der Waals surface area contributed by atoms with E-state index in [2.05, 4.69) is 317 Å². The van der Waals surface area contributed by atoms with E-state index in [-0.39, 0.29) is 0 Å². The number of fused-ring (bicyclic) bond motifs is 18. The predicted octanol–water partition coefficient (Wildman–Crippen LogP) is 36.6. The fraction of sp³-hybridized carbons (Fsp3) is 0. The fourth-order valence-electron chi connectivity index (χ4n) is 22.4. The maximum atomic E-state index is 10.6. The van der Waals surface area contributed by atoms with Crippen LogP contribution in [0.2, 0.25) is 0 Å². The number of nitriles is 3. The Bertz CT molecular complexity index is 10700. The summed E-state index contributed by atoms with van der Waals surface area (Å²) in [5.41, 5.74) is 33.0. The van der Waals surface area contributed by atoms with Crippen LogP contribution in [0, 0.1) is 73.4 Å². The molecular weight excluding hydrogens is 1830 g/mol. The zero-order valence-electron chi connectivity index (χ0n) is 80.0. The summed E-state index contributed by atoms with van der Waals surface area (Å²) in [5.74, 6) is 0. The SMILES string of the molecule is [C-]#[N+]c1ccc2c(c1)c1ccccc1n2-c1c([N+]#[C-])cccc1-c1ccc(C#N)cc1-c1ccc(-n2c3ccccc3c3ccccc32)cc1.[C-]#[N+]c1ccc2c(c1)c1ccccc1n2-c1c([N+]#[C-])cccc1-c1cccc(C#N)c1-c1ccc(-n2c3ccccc3c3ccccc32)cc1.[C-]#[N+]c1ccc2c(c1)c1ccccc1n2-c1c([N+]#[C-])cccc1-c1ccccc1-c1ccc(-n2c3ccccc3c3ccccc32)cc1C#N. The molecule has 0 N–H and O–H groups in total. The first-order valence-corrected chi connectivity index (χ1v) is 48.7. The van der Waals surface area contributed by atoms with E-state index >= 15 is 0 Å². The van der Waals surface area contributed by atoms with Crippen molar-refractivity contribution in [3.05, 3.63) is 540 Å². The molecular formula is C135H75N15. The lowest BCUT2D eigenvalue weighted by atomic mass is 9.89. The zero-order chi connectivity index (χ0) is 101. The van der Waals surface area contributed by atoms with Gasteiger partial charge in [-0.15, -0.1) is 0 Å². The number of hydrogen-bond donors (Lipinski definition) is 0. The van der Waals surface area contributed by atoms with Gasteiger partial charge in [-0.2, -0.15) is 15.8 Å². The van der Waals surface area contributed by atoms with Gasteiger partial charge in [0.25, 0.3) is 0 Å². The fourth-order valence-corrected chi connectivity index (χ4v) is 22.4. The van der Waals surface area contributed by atoms with Crippen LogP contribution in [0.4, 0.5) is 34.1 Å². The highest BCUT2D eigenvalue weighted by Gasteiger charge is 2.29. The molecule has 150 heavy (non-hydrogen) atoms. The Morgan fingerprint density at radius 2 is 0.447 bits per heavy atom. The molecule has 6 aromatic heterocycles. The predicted molar refractivity (Wildman–Crippen MR) is 610 cm³/mol. The zero-order valence-corrected chi connectivity index (χ0v) is 80.0. The molecule has 6 heterocycles. The third kappa shape index (κ3) is 14.6. The molecule has 0 radical (unpaired) electrons. The minimum Gasteiger partial charge on any atom is -0.318 e. The summed E-state index contributed by atoms with van der Waals surface area (Å²) < 4.78 is 13.2. The molecule has 0 fully saturated rings. The van der Waals surface area contributed by atoms with Crippen molar-refractivity contribution in [1.29, 1.82) is 15.8 Å². The van der Waals surface area contributed by atoms with Crippen LogP contribution in [0.5, 0.6) is 0 Å². The van der Waals surface area contributed by atoms with Crippen molar-refractivity contribution in [2.45, 2.75) is 0 Å². The van der Waals surface area contributed by atoms with E-state index in [0.29, 0.717) is 50.8 Å². The van der Waals surface area contributed by atoms with E-state index in [1.807, 2.05) is 212 Å². The molecule has 0 bridgehead atoms. The highest BCUT2D eigenvalue weighted by Crippen LogP contribution is 2.52. The maximum absolute atomic E-state index is 10.6. The van der Waals surface area contributed by atoms with Crippen molar-refractivity contribution in [3.63, 3.8) is 0 Å². The second-order valence-electron chi connectivity index (χ2n) is 36.7. The van der Waals surface area contributed by atoms with Gasteiger partial charge in [0, 0.05) is 76.7 Å². The van der Waals surface area contributed by atoms with Crippen LogP contribution in [-0.2, 0) is 0 Å². The standard InChI is InChI=1S/3C45H25N5/c1-47-31-23-26-43-38(27-31)35-14-5-8-20-42(35)50(43)45-37(16-10-17-39(45)48-2)36-15-9-11-30(28-46)44(36)29-21-24-32(25-22-29)49-40-18-6-3-12-33(40)34-13-4-7-19-41(34)49;1-47-31-21-25-44-39(27-31)36-12-5-8-17-43(36)50(44)45-37(13-9-14-40(45)48-2)33-24-18-29(28-46)26-38(33)30-19-22-32(23-20-30)49-41-15-6-3-10-34(41)35-11-4-7-16-42(35)49;1-47-30-22-25-44-39(27-30)37-16-7-10-21-43(37)50(44)45-38(17-11-18-40(45)48-2)34-13-4-3-12-33(34)32-24-23-31(26-29(32)28-46)49-41-19-8-5-14-35(41)36-15-6-9-20-42(36)49/h3*3-27H. The first-order chi connectivity index (χ1) is 74.1. The quantitative estimate of drug-likeness (QED) is 0.113. The number of hydrogen-bond acceptors (Lipinski definition) is 3. The Labute approximate surface area is 861 Å². The van der Waals surface area contributed by atoms with Crippen LogP contribution in [0.25, 0.3) is 261 Å². The molecule has 690 valence electrons. The van der Waals surface area contributed by atoms with E-state index in [1.54, 1.807) is 0 Å². The molecule has 0 aliphatic carbocycles. The van der Waals surface area contributed by atoms with Gasteiger partial charge < -0.3 is 27.4 Å². The normalized spacial score (nSPS) is 11.1. The Hall–Kier alpha value is -22.2. The average molecular weight is 1910 g/mol. The molecule has 15 heteroatoms. The molecule has 0 amide bonds. The van der Waals surface area contributed by atoms with Crippen molar-refractivity contribution in [2.75, 3.05) is 0 Å². The lowest BCUT2D eigenvalue weighted by molar-refractivity contribution is 1.18. The van der Waals surface area contributed by atoms with Crippen LogP contribution in [0.3, 0.4) is 0 Å². The van der Waals surface area contributed by atoms with Gasteiger partial charge in [-0.1, -0.05) is 309 Å². The largest absolute Gasteiger partial charge is 0.318 e. The van der Waals surface area contributed by atoms with Gasteiger partial charge in [0.1, 0.15) is 0 Å². The number of nitrogens with zero attached hydrogens (tertiary/aromatic N) is 15. The summed E-state index contributed by atoms with van der Waals surface area (Å²) in [7, 11) is 0. The van der Waals surface area contributed by atoms with Crippen molar-refractivity contribution >= 4 is 165 Å². The first kappa shape index (κ1) is 89.2. The maximum Gasteiger partial charge on any atom is 0.211 e. The van der Waals surface area contributed by atoms with Crippen LogP contribution in [-0.4, -0.2) is 27.4 Å². The summed E-state index contributed by atoms with van der Waals surface area (Å²) in [6, 6.07) is 159. The molecule has 0 saturated heterocycles. The number of aromatic nitrogens is 6. The topological polar surface area (TPSA) is 127 Å². The van der Waals surface area contributed by atoms with Crippen LogP contribution >= 0.6 is 0 Å². The van der Waals surface area contributed by atoms with Crippen molar-refractivity contribution in [1.82, 2.24) is 27.4 Å². The Morgan fingerprint density at radius 3 is 0.793 bits per heavy atom. The van der Waals surface area contributed by atoms with E-state index < -0.39 is 0 Å². The molecule has 0 atom stereocenters. The van der Waals surface area contributed by atoms with Gasteiger partial charge in [0.05, 0.1) is 158 Å². The Balaban J connectivity index is 0.000000116. The molecule has 0 unspecified atom stereocenters. The minimum absolute atomic E-state index is 0.495. The lowest BCUT2D eigenvalue weighted by Gasteiger charge is -2.19. The lowest BCUT2D eigenvalue weighted by Crippen LogP contribution is -2.00. The molecule has 0 aliphatic rings. The number of para-hydroxylation sites is 12.